The highest BCUT2D eigenvalue weighted by atomic mass is 79.9. The maximum absolute atomic E-state index is 12.4. The first kappa shape index (κ1) is 14.1. The second-order valence-corrected chi connectivity index (χ2v) is 7.12. The summed E-state index contributed by atoms with van der Waals surface area (Å²) in [7, 11) is 0. The molecule has 1 atom stereocenters. The molecule has 1 fully saturated rings. The summed E-state index contributed by atoms with van der Waals surface area (Å²) in [6.45, 7) is 6.23. The maximum Gasteiger partial charge on any atom is 0.263 e. The number of halogens is 1. The van der Waals surface area contributed by atoms with E-state index in [2.05, 4.69) is 29.8 Å². The minimum Gasteiger partial charge on any atom is -0.338 e. The lowest BCUT2D eigenvalue weighted by molar-refractivity contribution is 0.0688. The fourth-order valence-electron chi connectivity index (χ4n) is 2.44. The maximum atomic E-state index is 12.4. The molecule has 1 aromatic rings. The van der Waals surface area contributed by atoms with Gasteiger partial charge < -0.3 is 4.90 Å². The van der Waals surface area contributed by atoms with Crippen LogP contribution in [0.25, 0.3) is 0 Å². The number of hydrogen-bond donors (Lipinski definition) is 0. The summed E-state index contributed by atoms with van der Waals surface area (Å²) in [6, 6.07) is 2.00. The van der Waals surface area contributed by atoms with Crippen molar-refractivity contribution >= 4 is 33.2 Å². The number of thiophene rings is 1. The van der Waals surface area contributed by atoms with Crippen LogP contribution in [0.3, 0.4) is 0 Å². The average molecular weight is 330 g/mol. The van der Waals surface area contributed by atoms with Crippen LogP contribution in [0.15, 0.2) is 10.5 Å². The minimum atomic E-state index is 0.217. The molecule has 0 N–H and O–H groups in total. The van der Waals surface area contributed by atoms with Gasteiger partial charge in [0.25, 0.3) is 5.91 Å². The third kappa shape index (κ3) is 3.15. The summed E-state index contributed by atoms with van der Waals surface area (Å²) in [4.78, 5) is 16.6. The van der Waals surface area contributed by atoms with Crippen molar-refractivity contribution in [2.24, 2.45) is 5.92 Å². The molecule has 0 spiro atoms. The molecule has 1 saturated heterocycles. The summed E-state index contributed by atoms with van der Waals surface area (Å²) >= 11 is 5.21. The van der Waals surface area contributed by atoms with E-state index in [1.165, 1.54) is 11.3 Å². The van der Waals surface area contributed by atoms with Gasteiger partial charge in [0.15, 0.2) is 0 Å². The first-order valence-electron chi connectivity index (χ1n) is 6.69. The SMILES string of the molecule is CCCc1sc(C(=O)N2CCC[C@H](C)C2)cc1Br. The van der Waals surface area contributed by atoms with E-state index in [1.54, 1.807) is 11.3 Å². The fourth-order valence-corrected chi connectivity index (χ4v) is 4.38. The quantitative estimate of drug-likeness (QED) is 0.807. The van der Waals surface area contributed by atoms with Gasteiger partial charge in [0, 0.05) is 22.4 Å². The molecule has 1 aliphatic heterocycles. The Labute approximate surface area is 122 Å². The van der Waals surface area contributed by atoms with Crippen LogP contribution in [-0.2, 0) is 6.42 Å². The van der Waals surface area contributed by atoms with Crippen LogP contribution in [-0.4, -0.2) is 23.9 Å². The van der Waals surface area contributed by atoms with Gasteiger partial charge in [-0.1, -0.05) is 20.3 Å². The second kappa shape index (κ2) is 6.20. The fraction of sp³-hybridized carbons (Fsp3) is 0.643. The van der Waals surface area contributed by atoms with Crippen LogP contribution >= 0.6 is 27.3 Å². The van der Waals surface area contributed by atoms with Crippen molar-refractivity contribution in [2.75, 3.05) is 13.1 Å². The molecule has 1 aromatic heterocycles. The van der Waals surface area contributed by atoms with Gasteiger partial charge >= 0.3 is 0 Å². The van der Waals surface area contributed by atoms with E-state index >= 15 is 0 Å². The highest BCUT2D eigenvalue weighted by molar-refractivity contribution is 9.10. The third-order valence-corrected chi connectivity index (χ3v) is 5.54. The number of hydrogen-bond acceptors (Lipinski definition) is 2. The highest BCUT2D eigenvalue weighted by Gasteiger charge is 2.23. The van der Waals surface area contributed by atoms with Crippen molar-refractivity contribution in [3.63, 3.8) is 0 Å². The van der Waals surface area contributed by atoms with Crippen LogP contribution in [0.2, 0.25) is 0 Å². The van der Waals surface area contributed by atoms with E-state index in [4.69, 9.17) is 0 Å². The molecule has 0 unspecified atom stereocenters. The number of rotatable bonds is 3. The normalized spacial score (nSPS) is 20.2. The lowest BCUT2D eigenvalue weighted by Gasteiger charge is -2.30. The zero-order valence-corrected chi connectivity index (χ0v) is 13.4. The number of likely N-dealkylation sites (tertiary alicyclic amines) is 1. The molecule has 0 saturated carbocycles. The third-order valence-electron chi connectivity index (χ3n) is 3.39. The van der Waals surface area contributed by atoms with Crippen molar-refractivity contribution in [3.05, 3.63) is 20.3 Å². The molecule has 0 aliphatic carbocycles. The smallest absolute Gasteiger partial charge is 0.263 e. The first-order chi connectivity index (χ1) is 8.61. The van der Waals surface area contributed by atoms with E-state index in [9.17, 15) is 4.79 Å². The molecule has 0 aromatic carbocycles. The number of piperidine rings is 1. The largest absolute Gasteiger partial charge is 0.338 e. The Morgan fingerprint density at radius 3 is 3.06 bits per heavy atom. The summed E-state index contributed by atoms with van der Waals surface area (Å²) in [5.41, 5.74) is 0. The molecular weight excluding hydrogens is 310 g/mol. The highest BCUT2D eigenvalue weighted by Crippen LogP contribution is 2.30. The Balaban J connectivity index is 2.10. The Bertz CT molecular complexity index is 429. The standard InChI is InChI=1S/C14H20BrNOS/c1-3-5-12-11(15)8-13(18-12)14(17)16-7-4-6-10(2)9-16/h8,10H,3-7,9H2,1-2H3/t10-/m0/s1. The first-order valence-corrected chi connectivity index (χ1v) is 8.30. The molecule has 100 valence electrons. The molecule has 1 amide bonds. The average Bonchev–Trinajstić information content (AvgIpc) is 2.71. The van der Waals surface area contributed by atoms with E-state index in [0.717, 1.165) is 41.7 Å². The Morgan fingerprint density at radius 1 is 1.61 bits per heavy atom. The van der Waals surface area contributed by atoms with E-state index in [-0.39, 0.29) is 5.91 Å². The number of carbonyl (C=O) groups is 1. The molecule has 0 bridgehead atoms. The van der Waals surface area contributed by atoms with E-state index in [1.807, 2.05) is 11.0 Å². The van der Waals surface area contributed by atoms with Gasteiger partial charge in [0.2, 0.25) is 0 Å². The number of carbonyl (C=O) groups excluding carboxylic acids is 1. The monoisotopic (exact) mass is 329 g/mol. The van der Waals surface area contributed by atoms with Crippen molar-refractivity contribution in [3.8, 4) is 0 Å². The van der Waals surface area contributed by atoms with Gasteiger partial charge in [-0.15, -0.1) is 11.3 Å². The van der Waals surface area contributed by atoms with Crippen molar-refractivity contribution in [1.29, 1.82) is 0 Å². The molecule has 2 heterocycles. The predicted octanol–water partition coefficient (Wildman–Crippen LogP) is 4.34. The lowest BCUT2D eigenvalue weighted by atomic mass is 10.0. The summed E-state index contributed by atoms with van der Waals surface area (Å²) in [5.74, 6) is 0.857. The van der Waals surface area contributed by atoms with Gasteiger partial charge in [-0.2, -0.15) is 0 Å². The van der Waals surface area contributed by atoms with Gasteiger partial charge in [-0.05, 0) is 47.2 Å². The molecule has 1 aliphatic rings. The van der Waals surface area contributed by atoms with E-state index < -0.39 is 0 Å². The van der Waals surface area contributed by atoms with Crippen molar-refractivity contribution < 1.29 is 4.79 Å². The number of aryl methyl sites for hydroxylation is 1. The summed E-state index contributed by atoms with van der Waals surface area (Å²) in [5, 5.41) is 0. The van der Waals surface area contributed by atoms with Crippen LogP contribution < -0.4 is 0 Å². The van der Waals surface area contributed by atoms with Crippen LogP contribution in [0.4, 0.5) is 0 Å². The zero-order chi connectivity index (χ0) is 13.1. The number of amides is 1. The molecule has 18 heavy (non-hydrogen) atoms. The van der Waals surface area contributed by atoms with E-state index in [0.29, 0.717) is 5.92 Å². The Kier molecular flexibility index (Phi) is 4.84. The lowest BCUT2D eigenvalue weighted by Crippen LogP contribution is -2.38. The second-order valence-electron chi connectivity index (χ2n) is 5.13. The van der Waals surface area contributed by atoms with Crippen molar-refractivity contribution in [1.82, 2.24) is 4.90 Å². The predicted molar refractivity (Wildman–Crippen MR) is 80.3 cm³/mol. The van der Waals surface area contributed by atoms with Gasteiger partial charge in [0.05, 0.1) is 4.88 Å². The van der Waals surface area contributed by atoms with Gasteiger partial charge in [-0.25, -0.2) is 0 Å². The molecule has 2 nitrogen and oxygen atoms in total. The van der Waals surface area contributed by atoms with Crippen LogP contribution in [0.5, 0.6) is 0 Å². The Morgan fingerprint density at radius 2 is 2.39 bits per heavy atom. The van der Waals surface area contributed by atoms with Gasteiger partial charge in [-0.3, -0.25) is 4.79 Å². The molecule has 4 heteroatoms. The molecular formula is C14H20BrNOS. The summed E-state index contributed by atoms with van der Waals surface area (Å²) in [6.07, 6.45) is 4.56. The number of nitrogens with zero attached hydrogens (tertiary/aromatic N) is 1. The van der Waals surface area contributed by atoms with Gasteiger partial charge in [0.1, 0.15) is 0 Å². The van der Waals surface area contributed by atoms with Crippen molar-refractivity contribution in [2.45, 2.75) is 39.5 Å². The Hall–Kier alpha value is -0.350. The minimum absolute atomic E-state index is 0.217. The topological polar surface area (TPSA) is 20.3 Å². The summed E-state index contributed by atoms with van der Waals surface area (Å²) < 4.78 is 1.10. The zero-order valence-electron chi connectivity index (χ0n) is 11.0. The van der Waals surface area contributed by atoms with Crippen LogP contribution in [0.1, 0.15) is 47.7 Å². The molecule has 0 radical (unpaired) electrons. The molecule has 2 rings (SSSR count). The van der Waals surface area contributed by atoms with Crippen LogP contribution in [0, 0.1) is 5.92 Å².